The molecule has 1 unspecified atom stereocenters. The van der Waals surface area contributed by atoms with Gasteiger partial charge in [-0.2, -0.15) is 30.7 Å². The zero-order valence-electron chi connectivity index (χ0n) is 14.2. The van der Waals surface area contributed by atoms with E-state index in [0.717, 1.165) is 5.57 Å². The first-order valence-corrected chi connectivity index (χ1v) is 7.94. The van der Waals surface area contributed by atoms with Gasteiger partial charge in [-0.25, -0.2) is 0 Å². The average Bonchev–Trinajstić information content (AvgIpc) is 2.49. The molecule has 0 amide bonds. The van der Waals surface area contributed by atoms with Crippen LogP contribution in [0.1, 0.15) is 26.2 Å². The van der Waals surface area contributed by atoms with E-state index in [9.17, 15) is 35.8 Å². The van der Waals surface area contributed by atoms with Crippen LogP contribution in [0.15, 0.2) is 37.0 Å². The monoisotopic (exact) mass is 389 g/mol. The third-order valence-electron chi connectivity index (χ3n) is 4.35. The lowest BCUT2D eigenvalue weighted by Gasteiger charge is -2.43. The summed E-state index contributed by atoms with van der Waals surface area (Å²) in [7, 11) is 0. The molecule has 0 saturated heterocycles. The molecule has 3 atom stereocenters. The molecule has 0 bridgehead atoms. The van der Waals surface area contributed by atoms with E-state index in [1.54, 1.807) is 13.0 Å². The Hall–Kier alpha value is -1.35. The highest BCUT2D eigenvalue weighted by molar-refractivity contribution is 5.15. The Bertz CT molecular complexity index is 542. The standard InChI is InChI=1S/C17H22F7NO/c1-4-6-12-8-11(3)9-13(7-5-2)25(12)10-14(26)15(18,19)16(20,21)17(22,23)24/h4-5,8,12-14,26H,1-2,6-7,9-10H2,3H3/t12-,13-,14?/m0/s1. The minimum Gasteiger partial charge on any atom is -0.385 e. The molecule has 1 aliphatic heterocycles. The molecular weight excluding hydrogens is 367 g/mol. The van der Waals surface area contributed by atoms with Crippen molar-refractivity contribution in [3.8, 4) is 0 Å². The highest BCUT2D eigenvalue weighted by Gasteiger charge is 2.75. The smallest absolute Gasteiger partial charge is 0.385 e. The fourth-order valence-electron chi connectivity index (χ4n) is 3.03. The fraction of sp³-hybridized carbons (Fsp3) is 0.647. The van der Waals surface area contributed by atoms with Crippen LogP contribution in [0, 0.1) is 0 Å². The molecule has 9 heteroatoms. The van der Waals surface area contributed by atoms with Gasteiger partial charge in [0, 0.05) is 18.6 Å². The molecule has 26 heavy (non-hydrogen) atoms. The van der Waals surface area contributed by atoms with Crippen molar-refractivity contribution in [1.82, 2.24) is 4.90 Å². The van der Waals surface area contributed by atoms with E-state index >= 15 is 0 Å². The SMILES string of the molecule is C=CC[C@H]1CC(C)=C[C@H](CC=C)N1CC(O)C(F)(F)C(F)(F)C(F)(F)F. The molecule has 0 saturated carbocycles. The summed E-state index contributed by atoms with van der Waals surface area (Å²) in [5.74, 6) is -12.0. The van der Waals surface area contributed by atoms with E-state index in [1.165, 1.54) is 17.1 Å². The lowest BCUT2D eigenvalue weighted by Crippen LogP contribution is -2.61. The van der Waals surface area contributed by atoms with Gasteiger partial charge >= 0.3 is 18.0 Å². The third kappa shape index (κ3) is 4.49. The second-order valence-electron chi connectivity index (χ2n) is 6.39. The van der Waals surface area contributed by atoms with Crippen LogP contribution in [0.5, 0.6) is 0 Å². The van der Waals surface area contributed by atoms with Crippen molar-refractivity contribution in [1.29, 1.82) is 0 Å². The number of β-amino-alcohol motifs (C(OH)–C–C–N with tert-alkyl or cyclic N) is 1. The van der Waals surface area contributed by atoms with Gasteiger partial charge in [0.2, 0.25) is 0 Å². The highest BCUT2D eigenvalue weighted by atomic mass is 19.4. The molecule has 1 heterocycles. The second-order valence-corrected chi connectivity index (χ2v) is 6.39. The number of aliphatic hydroxyl groups is 1. The number of nitrogens with zero attached hydrogens (tertiary/aromatic N) is 1. The molecule has 1 aliphatic rings. The summed E-state index contributed by atoms with van der Waals surface area (Å²) in [5.41, 5.74) is 0.918. The number of alkyl halides is 7. The van der Waals surface area contributed by atoms with Crippen molar-refractivity contribution in [3.63, 3.8) is 0 Å². The Labute approximate surface area is 147 Å². The van der Waals surface area contributed by atoms with Crippen LogP contribution >= 0.6 is 0 Å². The first-order valence-electron chi connectivity index (χ1n) is 7.94. The fourth-order valence-corrected chi connectivity index (χ4v) is 3.03. The van der Waals surface area contributed by atoms with Gasteiger partial charge in [-0.15, -0.1) is 13.2 Å². The lowest BCUT2D eigenvalue weighted by atomic mass is 9.91. The number of rotatable bonds is 8. The van der Waals surface area contributed by atoms with Crippen LogP contribution in [-0.2, 0) is 0 Å². The van der Waals surface area contributed by atoms with Crippen LogP contribution in [-0.4, -0.2) is 52.8 Å². The molecule has 0 aliphatic carbocycles. The van der Waals surface area contributed by atoms with Crippen LogP contribution < -0.4 is 0 Å². The van der Waals surface area contributed by atoms with Crippen LogP contribution in [0.4, 0.5) is 30.7 Å². The molecule has 0 spiro atoms. The zero-order valence-corrected chi connectivity index (χ0v) is 14.2. The van der Waals surface area contributed by atoms with Gasteiger partial charge in [0.1, 0.15) is 6.10 Å². The summed E-state index contributed by atoms with van der Waals surface area (Å²) in [4.78, 5) is 1.31. The maximum Gasteiger partial charge on any atom is 0.459 e. The van der Waals surface area contributed by atoms with Crippen LogP contribution in [0.2, 0.25) is 0 Å². The lowest BCUT2D eigenvalue weighted by molar-refractivity contribution is -0.371. The van der Waals surface area contributed by atoms with E-state index < -0.39 is 42.8 Å². The maximum atomic E-state index is 13.7. The van der Waals surface area contributed by atoms with E-state index in [-0.39, 0.29) is 6.42 Å². The Balaban J connectivity index is 3.14. The molecule has 0 aromatic rings. The van der Waals surface area contributed by atoms with Crippen molar-refractivity contribution >= 4 is 0 Å². The highest BCUT2D eigenvalue weighted by Crippen LogP contribution is 2.48. The summed E-state index contributed by atoms with van der Waals surface area (Å²) in [6.45, 7) is 7.82. The van der Waals surface area contributed by atoms with Crippen molar-refractivity contribution in [2.45, 2.75) is 62.4 Å². The molecule has 1 rings (SSSR count). The normalized spacial score (nSPS) is 24.1. The third-order valence-corrected chi connectivity index (χ3v) is 4.35. The van der Waals surface area contributed by atoms with Crippen molar-refractivity contribution in [2.24, 2.45) is 0 Å². The molecule has 0 radical (unpaired) electrons. The molecular formula is C17H22F7NO. The molecule has 150 valence electrons. The summed E-state index contributed by atoms with van der Waals surface area (Å²) in [5, 5.41) is 9.62. The quantitative estimate of drug-likeness (QED) is 0.480. The van der Waals surface area contributed by atoms with Crippen molar-refractivity contribution in [2.75, 3.05) is 6.54 Å². The van der Waals surface area contributed by atoms with Crippen LogP contribution in [0.25, 0.3) is 0 Å². The van der Waals surface area contributed by atoms with Gasteiger partial charge in [0.05, 0.1) is 0 Å². The number of hydrogen-bond donors (Lipinski definition) is 1. The van der Waals surface area contributed by atoms with Gasteiger partial charge in [0.15, 0.2) is 0 Å². The van der Waals surface area contributed by atoms with Gasteiger partial charge in [-0.05, 0) is 26.2 Å². The Morgan fingerprint density at radius 1 is 1.15 bits per heavy atom. The second kappa shape index (κ2) is 8.12. The van der Waals surface area contributed by atoms with Gasteiger partial charge in [-0.1, -0.05) is 23.8 Å². The molecule has 1 N–H and O–H groups in total. The summed E-state index contributed by atoms with van der Waals surface area (Å²) in [6, 6.07) is -0.997. The minimum absolute atomic E-state index is 0.263. The van der Waals surface area contributed by atoms with Gasteiger partial charge in [-0.3, -0.25) is 4.90 Å². The van der Waals surface area contributed by atoms with Crippen LogP contribution in [0.3, 0.4) is 0 Å². The van der Waals surface area contributed by atoms with E-state index in [1.807, 2.05) is 0 Å². The van der Waals surface area contributed by atoms with Gasteiger partial charge < -0.3 is 5.11 Å². The number of halogens is 7. The molecule has 2 nitrogen and oxygen atoms in total. The van der Waals surface area contributed by atoms with Crippen molar-refractivity contribution < 1.29 is 35.8 Å². The Kier molecular flexibility index (Phi) is 7.09. The predicted octanol–water partition coefficient (Wildman–Crippen LogP) is 4.72. The largest absolute Gasteiger partial charge is 0.459 e. The van der Waals surface area contributed by atoms with Gasteiger partial charge in [0.25, 0.3) is 0 Å². The topological polar surface area (TPSA) is 23.5 Å². The molecule has 0 aromatic carbocycles. The summed E-state index contributed by atoms with van der Waals surface area (Å²) < 4.78 is 90.8. The van der Waals surface area contributed by atoms with E-state index in [2.05, 4.69) is 13.2 Å². The molecule has 0 aromatic heterocycles. The first kappa shape index (κ1) is 22.7. The number of hydrogen-bond acceptors (Lipinski definition) is 2. The number of aliphatic hydroxyl groups excluding tert-OH is 1. The molecule has 0 fully saturated rings. The van der Waals surface area contributed by atoms with E-state index in [4.69, 9.17) is 0 Å². The minimum atomic E-state index is -6.48. The average molecular weight is 389 g/mol. The Morgan fingerprint density at radius 2 is 1.69 bits per heavy atom. The Morgan fingerprint density at radius 3 is 2.15 bits per heavy atom. The zero-order chi connectivity index (χ0) is 20.3. The first-order chi connectivity index (χ1) is 11.8. The predicted molar refractivity (Wildman–Crippen MR) is 84.2 cm³/mol. The summed E-state index contributed by atoms with van der Waals surface area (Å²) >= 11 is 0. The van der Waals surface area contributed by atoms with E-state index in [0.29, 0.717) is 12.8 Å². The maximum absolute atomic E-state index is 13.7. The van der Waals surface area contributed by atoms with Crippen molar-refractivity contribution in [3.05, 3.63) is 37.0 Å². The summed E-state index contributed by atoms with van der Waals surface area (Å²) in [6.07, 6.45) is -4.04.